The van der Waals surface area contributed by atoms with Gasteiger partial charge < -0.3 is 15.7 Å². The minimum Gasteiger partial charge on any atom is -0.481 e. The van der Waals surface area contributed by atoms with Crippen LogP contribution in [0.1, 0.15) is 25.7 Å². The Morgan fingerprint density at radius 1 is 1.26 bits per heavy atom. The molecule has 0 aromatic rings. The zero-order valence-electron chi connectivity index (χ0n) is 10.6. The number of nitrogens with one attached hydrogen (secondary N) is 3. The van der Waals surface area contributed by atoms with Crippen LogP contribution in [0.15, 0.2) is 0 Å². The lowest BCUT2D eigenvalue weighted by Crippen LogP contribution is -2.60. The van der Waals surface area contributed by atoms with Crippen molar-refractivity contribution < 1.29 is 19.5 Å². The number of hydrogen-bond donors (Lipinski definition) is 4. The van der Waals surface area contributed by atoms with Gasteiger partial charge in [-0.15, -0.1) is 0 Å². The van der Waals surface area contributed by atoms with Crippen LogP contribution < -0.4 is 16.0 Å². The molecule has 0 aromatic carbocycles. The average molecular weight is 269 g/mol. The van der Waals surface area contributed by atoms with E-state index in [-0.39, 0.29) is 11.8 Å². The molecule has 7 nitrogen and oxygen atoms in total. The number of carboxylic acids is 1. The molecule has 2 fully saturated rings. The summed E-state index contributed by atoms with van der Waals surface area (Å²) in [6.45, 7) is 0.982. The maximum Gasteiger partial charge on any atom is 0.321 e. The van der Waals surface area contributed by atoms with Crippen LogP contribution in [0.5, 0.6) is 0 Å². The van der Waals surface area contributed by atoms with Gasteiger partial charge in [-0.3, -0.25) is 14.9 Å². The molecule has 1 saturated heterocycles. The molecule has 1 atom stereocenters. The number of carboxylic acid groups (broad SMARTS) is 1. The monoisotopic (exact) mass is 269 g/mol. The minimum atomic E-state index is -0.708. The maximum atomic E-state index is 11.5. The lowest BCUT2D eigenvalue weighted by atomic mass is 9.82. The van der Waals surface area contributed by atoms with Gasteiger partial charge in [0.25, 0.3) is 0 Å². The molecule has 0 aromatic heterocycles. The topological polar surface area (TPSA) is 108 Å². The summed E-state index contributed by atoms with van der Waals surface area (Å²) in [6.07, 6.45) is 3.14. The van der Waals surface area contributed by atoms with Crippen LogP contribution in [0.4, 0.5) is 4.79 Å². The van der Waals surface area contributed by atoms with Gasteiger partial charge >= 0.3 is 12.0 Å². The number of urea groups is 1. The first kappa shape index (κ1) is 13.8. The first-order valence-electron chi connectivity index (χ1n) is 6.61. The van der Waals surface area contributed by atoms with E-state index >= 15 is 0 Å². The number of carbonyl (C=O) groups excluding carboxylic acids is 2. The van der Waals surface area contributed by atoms with Gasteiger partial charge in [0, 0.05) is 6.54 Å². The second-order valence-corrected chi connectivity index (χ2v) is 5.22. The minimum absolute atomic E-state index is 0.214. The van der Waals surface area contributed by atoms with Crippen LogP contribution in [0, 0.1) is 11.8 Å². The highest BCUT2D eigenvalue weighted by Gasteiger charge is 2.29. The summed E-state index contributed by atoms with van der Waals surface area (Å²) >= 11 is 0. The molecule has 19 heavy (non-hydrogen) atoms. The van der Waals surface area contributed by atoms with Crippen molar-refractivity contribution in [3.05, 3.63) is 0 Å². The van der Waals surface area contributed by atoms with Crippen LogP contribution in [-0.2, 0) is 9.59 Å². The Labute approximate surface area is 111 Å². The molecule has 1 aliphatic heterocycles. The van der Waals surface area contributed by atoms with Crippen molar-refractivity contribution in [1.82, 2.24) is 16.0 Å². The molecule has 3 amide bonds. The van der Waals surface area contributed by atoms with E-state index in [1.54, 1.807) is 0 Å². The van der Waals surface area contributed by atoms with Gasteiger partial charge in [0.2, 0.25) is 5.91 Å². The first-order valence-corrected chi connectivity index (χ1v) is 6.61. The molecule has 1 saturated carbocycles. The largest absolute Gasteiger partial charge is 0.481 e. The number of amides is 3. The van der Waals surface area contributed by atoms with Crippen LogP contribution in [0.25, 0.3) is 0 Å². The van der Waals surface area contributed by atoms with E-state index in [1.165, 1.54) is 0 Å². The lowest BCUT2D eigenvalue weighted by Gasteiger charge is -2.29. The molecular weight excluding hydrogens is 250 g/mol. The van der Waals surface area contributed by atoms with Crippen LogP contribution in [0.3, 0.4) is 0 Å². The Bertz CT molecular complexity index is 377. The van der Waals surface area contributed by atoms with Crippen LogP contribution in [-0.4, -0.2) is 42.1 Å². The third kappa shape index (κ3) is 3.66. The van der Waals surface area contributed by atoms with Crippen molar-refractivity contribution in [3.63, 3.8) is 0 Å². The second kappa shape index (κ2) is 6.01. The Hall–Kier alpha value is -1.63. The maximum absolute atomic E-state index is 11.5. The predicted molar refractivity (Wildman–Crippen MR) is 66.4 cm³/mol. The Balaban J connectivity index is 1.70. The Morgan fingerprint density at radius 2 is 1.95 bits per heavy atom. The van der Waals surface area contributed by atoms with Crippen molar-refractivity contribution in [2.24, 2.45) is 11.8 Å². The van der Waals surface area contributed by atoms with Gasteiger partial charge in [-0.1, -0.05) is 0 Å². The number of rotatable bonds is 4. The van der Waals surface area contributed by atoms with Crippen LogP contribution >= 0.6 is 0 Å². The van der Waals surface area contributed by atoms with E-state index in [2.05, 4.69) is 16.0 Å². The summed E-state index contributed by atoms with van der Waals surface area (Å²) in [5.74, 6) is -0.821. The number of aliphatic carboxylic acids is 1. The van der Waals surface area contributed by atoms with Crippen LogP contribution in [0.2, 0.25) is 0 Å². The highest BCUT2D eigenvalue weighted by Crippen LogP contribution is 2.28. The summed E-state index contributed by atoms with van der Waals surface area (Å²) in [5, 5.41) is 16.8. The Morgan fingerprint density at radius 3 is 2.53 bits per heavy atom. The first-order chi connectivity index (χ1) is 9.06. The Kier molecular flexibility index (Phi) is 4.36. The number of carbonyl (C=O) groups is 3. The van der Waals surface area contributed by atoms with Gasteiger partial charge in [-0.05, 0) is 38.1 Å². The average Bonchev–Trinajstić information content (AvgIpc) is 2.38. The third-order valence-electron chi connectivity index (χ3n) is 3.87. The fraction of sp³-hybridized carbons (Fsp3) is 0.750. The zero-order chi connectivity index (χ0) is 13.8. The molecule has 0 radical (unpaired) electrons. The van der Waals surface area contributed by atoms with Crippen molar-refractivity contribution in [1.29, 1.82) is 0 Å². The van der Waals surface area contributed by atoms with Crippen molar-refractivity contribution in [2.45, 2.75) is 31.7 Å². The number of imide groups is 1. The molecule has 0 spiro atoms. The van der Waals surface area contributed by atoms with Gasteiger partial charge in [0.05, 0.1) is 5.92 Å². The molecule has 106 valence electrons. The van der Waals surface area contributed by atoms with E-state index in [1.807, 2.05) is 0 Å². The number of hydrogen-bond acceptors (Lipinski definition) is 4. The highest BCUT2D eigenvalue weighted by atomic mass is 16.4. The highest BCUT2D eigenvalue weighted by molar-refractivity contribution is 5.99. The molecule has 1 unspecified atom stereocenters. The SMILES string of the molecule is O=C1NCC(NCC2CCC(C(=O)O)CC2)C(=O)N1. The van der Waals surface area contributed by atoms with E-state index in [9.17, 15) is 14.4 Å². The smallest absolute Gasteiger partial charge is 0.321 e. The van der Waals surface area contributed by atoms with Crippen molar-refractivity contribution in [3.8, 4) is 0 Å². The zero-order valence-corrected chi connectivity index (χ0v) is 10.6. The molecule has 0 bridgehead atoms. The van der Waals surface area contributed by atoms with E-state index in [0.29, 0.717) is 31.8 Å². The van der Waals surface area contributed by atoms with E-state index in [0.717, 1.165) is 12.8 Å². The van der Waals surface area contributed by atoms with Crippen molar-refractivity contribution in [2.75, 3.05) is 13.1 Å². The fourth-order valence-electron chi connectivity index (χ4n) is 2.62. The normalized spacial score (nSPS) is 31.5. The fourth-order valence-corrected chi connectivity index (χ4v) is 2.62. The van der Waals surface area contributed by atoms with Gasteiger partial charge in [0.15, 0.2) is 0 Å². The molecule has 7 heteroatoms. The quantitative estimate of drug-likeness (QED) is 0.559. The molecule has 1 aliphatic carbocycles. The predicted octanol–water partition coefficient (Wildman–Crippen LogP) is -0.325. The van der Waals surface area contributed by atoms with Gasteiger partial charge in [0.1, 0.15) is 6.04 Å². The molecule has 4 N–H and O–H groups in total. The molecule has 2 rings (SSSR count). The van der Waals surface area contributed by atoms with Crippen molar-refractivity contribution >= 4 is 17.9 Å². The molecule has 1 heterocycles. The summed E-state index contributed by atoms with van der Waals surface area (Å²) in [7, 11) is 0. The third-order valence-corrected chi connectivity index (χ3v) is 3.87. The molecule has 2 aliphatic rings. The van der Waals surface area contributed by atoms with E-state index in [4.69, 9.17) is 5.11 Å². The lowest BCUT2D eigenvalue weighted by molar-refractivity contribution is -0.143. The summed E-state index contributed by atoms with van der Waals surface area (Å²) in [5.41, 5.74) is 0. The summed E-state index contributed by atoms with van der Waals surface area (Å²) in [6, 6.07) is -0.847. The van der Waals surface area contributed by atoms with E-state index < -0.39 is 18.0 Å². The van der Waals surface area contributed by atoms with Gasteiger partial charge in [-0.2, -0.15) is 0 Å². The standard InChI is InChI=1S/C12H19N3O4/c16-10-9(6-14-12(19)15-10)13-5-7-1-3-8(4-2-7)11(17)18/h7-9,13H,1-6H2,(H,17,18)(H2,14,15,16,19). The van der Waals surface area contributed by atoms with Gasteiger partial charge in [-0.25, -0.2) is 4.79 Å². The molecular formula is C12H19N3O4. The summed E-state index contributed by atoms with van der Waals surface area (Å²) < 4.78 is 0. The second-order valence-electron chi connectivity index (χ2n) is 5.22. The summed E-state index contributed by atoms with van der Waals surface area (Å²) in [4.78, 5) is 33.2.